The van der Waals surface area contributed by atoms with E-state index in [-0.39, 0.29) is 21.8 Å². The molecule has 1 aliphatic carbocycles. The third-order valence-corrected chi connectivity index (χ3v) is 3.58. The summed E-state index contributed by atoms with van der Waals surface area (Å²) in [6.45, 7) is 4.56. The first kappa shape index (κ1) is 14.5. The zero-order chi connectivity index (χ0) is 13.8. The van der Waals surface area contributed by atoms with Crippen LogP contribution < -0.4 is 5.32 Å². The van der Waals surface area contributed by atoms with E-state index in [1.54, 1.807) is 0 Å². The van der Waals surface area contributed by atoms with E-state index in [1.807, 2.05) is 0 Å². The van der Waals surface area contributed by atoms with Crippen LogP contribution in [0, 0.1) is 0 Å². The van der Waals surface area contributed by atoms with Crippen LogP contribution in [0.5, 0.6) is 0 Å². The zero-order valence-electron chi connectivity index (χ0n) is 10.7. The highest BCUT2D eigenvalue weighted by atomic mass is 35.5. The number of aromatic nitrogens is 2. The number of nitrogens with zero attached hydrogens (tertiary/aromatic N) is 3. The molecule has 0 radical (unpaired) electrons. The van der Waals surface area contributed by atoms with Gasteiger partial charge in [0.2, 0.25) is 0 Å². The van der Waals surface area contributed by atoms with Gasteiger partial charge >= 0.3 is 0 Å². The minimum Gasteiger partial charge on any atom is -0.351 e. The minimum absolute atomic E-state index is 0.0661. The monoisotopic (exact) mass is 302 g/mol. The van der Waals surface area contributed by atoms with Crippen LogP contribution >= 0.6 is 23.2 Å². The first-order chi connectivity index (χ1) is 9.11. The van der Waals surface area contributed by atoms with Crippen molar-refractivity contribution in [1.82, 2.24) is 20.4 Å². The van der Waals surface area contributed by atoms with Crippen molar-refractivity contribution >= 4 is 29.1 Å². The van der Waals surface area contributed by atoms with Gasteiger partial charge in [-0.05, 0) is 25.5 Å². The van der Waals surface area contributed by atoms with Gasteiger partial charge in [0.1, 0.15) is 0 Å². The summed E-state index contributed by atoms with van der Waals surface area (Å²) in [4.78, 5) is 14.3. The third-order valence-electron chi connectivity index (χ3n) is 3.12. The Kier molecular flexibility index (Phi) is 4.96. The molecule has 1 aliphatic rings. The van der Waals surface area contributed by atoms with Crippen LogP contribution in [0.1, 0.15) is 30.1 Å². The van der Waals surface area contributed by atoms with Crippen LogP contribution in [0.2, 0.25) is 10.3 Å². The Balaban J connectivity index is 1.85. The second kappa shape index (κ2) is 6.50. The molecular weight excluding hydrogens is 287 g/mol. The lowest BCUT2D eigenvalue weighted by molar-refractivity contribution is 0.0947. The van der Waals surface area contributed by atoms with Gasteiger partial charge in [-0.15, -0.1) is 10.2 Å². The summed E-state index contributed by atoms with van der Waals surface area (Å²) < 4.78 is 0. The fourth-order valence-electron chi connectivity index (χ4n) is 1.96. The van der Waals surface area contributed by atoms with Gasteiger partial charge in [0.05, 0.1) is 5.56 Å². The van der Waals surface area contributed by atoms with Crippen molar-refractivity contribution in [1.29, 1.82) is 0 Å². The summed E-state index contributed by atoms with van der Waals surface area (Å²) >= 11 is 11.5. The maximum Gasteiger partial charge on any atom is 0.254 e. The largest absolute Gasteiger partial charge is 0.351 e. The molecule has 0 spiro atoms. The number of carbonyl (C=O) groups is 1. The van der Waals surface area contributed by atoms with Crippen LogP contribution in [0.4, 0.5) is 0 Å². The molecule has 1 fully saturated rings. The number of carbonyl (C=O) groups excluding carboxylic acids is 1. The predicted octanol–water partition coefficient (Wildman–Crippen LogP) is 2.00. The van der Waals surface area contributed by atoms with Gasteiger partial charge in [0.15, 0.2) is 10.3 Å². The maximum atomic E-state index is 11.9. The molecule has 0 unspecified atom stereocenters. The van der Waals surface area contributed by atoms with E-state index in [9.17, 15) is 4.79 Å². The standard InChI is InChI=1S/C12H16Cl2N4O/c1-2-18(8-3-4-8)6-5-15-12(19)9-7-10(13)16-17-11(9)14/h7-8H,2-6H2,1H3,(H,15,19). The molecule has 0 saturated heterocycles. The van der Waals surface area contributed by atoms with Gasteiger partial charge in [0.25, 0.3) is 5.91 Å². The second-order valence-corrected chi connectivity index (χ2v) is 5.23. The molecule has 0 bridgehead atoms. The summed E-state index contributed by atoms with van der Waals surface area (Å²) in [5, 5.41) is 10.2. The van der Waals surface area contributed by atoms with Crippen LogP contribution in [0.15, 0.2) is 6.07 Å². The molecule has 1 amide bonds. The summed E-state index contributed by atoms with van der Waals surface area (Å²) in [6, 6.07) is 2.12. The normalized spacial score (nSPS) is 14.7. The molecule has 1 N–H and O–H groups in total. The first-order valence-corrected chi connectivity index (χ1v) is 7.08. The van der Waals surface area contributed by atoms with Gasteiger partial charge in [-0.25, -0.2) is 0 Å². The van der Waals surface area contributed by atoms with Crippen LogP contribution in [-0.4, -0.2) is 46.7 Å². The van der Waals surface area contributed by atoms with Crippen molar-refractivity contribution in [3.63, 3.8) is 0 Å². The van der Waals surface area contributed by atoms with Crippen molar-refractivity contribution in [2.24, 2.45) is 0 Å². The Morgan fingerprint density at radius 2 is 2.21 bits per heavy atom. The van der Waals surface area contributed by atoms with Crippen LogP contribution in [0.25, 0.3) is 0 Å². The molecule has 0 atom stereocenters. The molecule has 1 aromatic rings. The lowest BCUT2D eigenvalue weighted by Gasteiger charge is -2.19. The van der Waals surface area contributed by atoms with Crippen molar-refractivity contribution in [3.8, 4) is 0 Å². The summed E-state index contributed by atoms with van der Waals surface area (Å²) in [7, 11) is 0. The smallest absolute Gasteiger partial charge is 0.254 e. The fraction of sp³-hybridized carbons (Fsp3) is 0.583. The van der Waals surface area contributed by atoms with Gasteiger partial charge < -0.3 is 5.32 Å². The fourth-order valence-corrected chi connectivity index (χ4v) is 2.28. The maximum absolute atomic E-state index is 11.9. The van der Waals surface area contributed by atoms with E-state index in [0.29, 0.717) is 12.6 Å². The molecule has 1 heterocycles. The highest BCUT2D eigenvalue weighted by molar-refractivity contribution is 6.34. The average molecular weight is 303 g/mol. The number of rotatable bonds is 6. The van der Waals surface area contributed by atoms with Gasteiger partial charge in [-0.3, -0.25) is 9.69 Å². The molecule has 0 aliphatic heterocycles. The van der Waals surface area contributed by atoms with E-state index < -0.39 is 0 Å². The lowest BCUT2D eigenvalue weighted by atomic mass is 10.3. The van der Waals surface area contributed by atoms with Crippen molar-refractivity contribution < 1.29 is 4.79 Å². The molecule has 1 aromatic heterocycles. The molecule has 5 nitrogen and oxygen atoms in total. The minimum atomic E-state index is -0.270. The predicted molar refractivity (Wildman–Crippen MR) is 74.7 cm³/mol. The number of halogens is 2. The topological polar surface area (TPSA) is 58.1 Å². The Bertz CT molecular complexity index is 465. The highest BCUT2D eigenvalue weighted by Crippen LogP contribution is 2.25. The molecule has 19 heavy (non-hydrogen) atoms. The number of nitrogens with one attached hydrogen (secondary N) is 1. The Morgan fingerprint density at radius 3 is 2.84 bits per heavy atom. The average Bonchev–Trinajstić information content (AvgIpc) is 3.21. The molecule has 1 saturated carbocycles. The van der Waals surface area contributed by atoms with Gasteiger partial charge in [-0.2, -0.15) is 0 Å². The van der Waals surface area contributed by atoms with Crippen molar-refractivity contribution in [3.05, 3.63) is 21.9 Å². The molecule has 104 valence electrons. The highest BCUT2D eigenvalue weighted by Gasteiger charge is 2.27. The summed E-state index contributed by atoms with van der Waals surface area (Å²) in [6.07, 6.45) is 2.52. The third kappa shape index (κ3) is 4.03. The van der Waals surface area contributed by atoms with Gasteiger partial charge in [0, 0.05) is 19.1 Å². The summed E-state index contributed by atoms with van der Waals surface area (Å²) in [5.41, 5.74) is 0.260. The second-order valence-electron chi connectivity index (χ2n) is 4.49. The van der Waals surface area contributed by atoms with Crippen LogP contribution in [-0.2, 0) is 0 Å². The Hall–Kier alpha value is -0.910. The quantitative estimate of drug-likeness (QED) is 0.873. The zero-order valence-corrected chi connectivity index (χ0v) is 12.2. The lowest BCUT2D eigenvalue weighted by Crippen LogP contribution is -2.36. The Morgan fingerprint density at radius 1 is 1.47 bits per heavy atom. The van der Waals surface area contributed by atoms with E-state index >= 15 is 0 Å². The number of hydrogen-bond acceptors (Lipinski definition) is 4. The molecule has 0 aromatic carbocycles. The van der Waals surface area contributed by atoms with E-state index in [2.05, 4.69) is 27.3 Å². The van der Waals surface area contributed by atoms with Gasteiger partial charge in [-0.1, -0.05) is 30.1 Å². The Labute approximate surface area is 122 Å². The SMILES string of the molecule is CCN(CCNC(=O)c1cc(Cl)nnc1Cl)C1CC1. The number of hydrogen-bond donors (Lipinski definition) is 1. The van der Waals surface area contributed by atoms with E-state index in [4.69, 9.17) is 23.2 Å². The number of amides is 1. The first-order valence-electron chi connectivity index (χ1n) is 6.32. The molecule has 2 rings (SSSR count). The number of likely N-dealkylation sites (N-methyl/N-ethyl adjacent to an activating group) is 1. The van der Waals surface area contributed by atoms with Crippen molar-refractivity contribution in [2.45, 2.75) is 25.8 Å². The van der Waals surface area contributed by atoms with E-state index in [0.717, 1.165) is 13.1 Å². The van der Waals surface area contributed by atoms with Crippen molar-refractivity contribution in [2.75, 3.05) is 19.6 Å². The van der Waals surface area contributed by atoms with Crippen LogP contribution in [0.3, 0.4) is 0 Å². The molecule has 7 heteroatoms. The molecular formula is C12H16Cl2N4O. The summed E-state index contributed by atoms with van der Waals surface area (Å²) in [5.74, 6) is -0.270. The van der Waals surface area contributed by atoms with E-state index in [1.165, 1.54) is 18.9 Å².